The summed E-state index contributed by atoms with van der Waals surface area (Å²) in [6.45, 7) is 0.775. The summed E-state index contributed by atoms with van der Waals surface area (Å²) in [7, 11) is 0. The molecule has 1 aromatic heterocycles. The molecule has 1 aliphatic rings. The van der Waals surface area contributed by atoms with Gasteiger partial charge in [0, 0.05) is 29.0 Å². The zero-order valence-corrected chi connectivity index (χ0v) is 18.7. The van der Waals surface area contributed by atoms with E-state index in [1.807, 2.05) is 34.9 Å². The molecule has 0 saturated heterocycles. The molecule has 172 valence electrons. The SMILES string of the molecule is O=[N+]([O-])c1cc2c(c(CSc3nnc(-c4ccccc4F)n3Cc3ccccc3)c1)OCOC2. The van der Waals surface area contributed by atoms with Gasteiger partial charge in [-0.3, -0.25) is 14.7 Å². The number of non-ortho nitro benzene ring substituents is 1. The van der Waals surface area contributed by atoms with E-state index in [0.29, 0.717) is 45.7 Å². The zero-order valence-electron chi connectivity index (χ0n) is 17.9. The minimum Gasteiger partial charge on any atom is -0.467 e. The van der Waals surface area contributed by atoms with Gasteiger partial charge in [-0.05, 0) is 17.7 Å². The van der Waals surface area contributed by atoms with Crippen molar-refractivity contribution in [3.63, 3.8) is 0 Å². The molecule has 34 heavy (non-hydrogen) atoms. The summed E-state index contributed by atoms with van der Waals surface area (Å²) >= 11 is 1.36. The fraction of sp³-hybridized carbons (Fsp3) is 0.167. The Labute approximate surface area is 198 Å². The number of hydrogen-bond acceptors (Lipinski definition) is 7. The number of thioether (sulfide) groups is 1. The minimum absolute atomic E-state index is 0.0266. The lowest BCUT2D eigenvalue weighted by atomic mass is 10.1. The van der Waals surface area contributed by atoms with Gasteiger partial charge in [0.2, 0.25) is 0 Å². The molecule has 3 aromatic carbocycles. The predicted molar refractivity (Wildman–Crippen MR) is 124 cm³/mol. The van der Waals surface area contributed by atoms with Gasteiger partial charge in [-0.1, -0.05) is 54.2 Å². The maximum absolute atomic E-state index is 14.6. The van der Waals surface area contributed by atoms with E-state index in [9.17, 15) is 14.5 Å². The average molecular weight is 479 g/mol. The first kappa shape index (κ1) is 22.1. The molecular formula is C24H19FN4O4S. The Balaban J connectivity index is 1.51. The highest BCUT2D eigenvalue weighted by molar-refractivity contribution is 7.98. The molecule has 10 heteroatoms. The Kier molecular flexibility index (Phi) is 6.24. The number of hydrogen-bond donors (Lipinski definition) is 0. The molecule has 0 aliphatic carbocycles. The van der Waals surface area contributed by atoms with Gasteiger partial charge < -0.3 is 9.47 Å². The van der Waals surface area contributed by atoms with E-state index in [2.05, 4.69) is 10.2 Å². The van der Waals surface area contributed by atoms with Crippen molar-refractivity contribution >= 4 is 17.4 Å². The number of fused-ring (bicyclic) bond motifs is 1. The van der Waals surface area contributed by atoms with Gasteiger partial charge in [-0.25, -0.2) is 4.39 Å². The Morgan fingerprint density at radius 3 is 2.68 bits per heavy atom. The van der Waals surface area contributed by atoms with E-state index < -0.39 is 4.92 Å². The molecule has 0 saturated carbocycles. The van der Waals surface area contributed by atoms with Crippen LogP contribution in [0.2, 0.25) is 0 Å². The van der Waals surface area contributed by atoms with E-state index in [4.69, 9.17) is 9.47 Å². The maximum Gasteiger partial charge on any atom is 0.270 e. The Bertz CT molecular complexity index is 1350. The molecule has 1 aliphatic heterocycles. The van der Waals surface area contributed by atoms with Crippen LogP contribution in [0.15, 0.2) is 71.9 Å². The Morgan fingerprint density at radius 2 is 1.88 bits per heavy atom. The molecular weight excluding hydrogens is 459 g/mol. The summed E-state index contributed by atoms with van der Waals surface area (Å²) in [4.78, 5) is 11.0. The molecule has 5 rings (SSSR count). The summed E-state index contributed by atoms with van der Waals surface area (Å²) in [6.07, 6.45) is 0. The number of nitro benzene ring substituents is 1. The van der Waals surface area contributed by atoms with Crippen LogP contribution in [0.4, 0.5) is 10.1 Å². The van der Waals surface area contributed by atoms with Crippen molar-refractivity contribution in [2.24, 2.45) is 0 Å². The van der Waals surface area contributed by atoms with Crippen LogP contribution in [0, 0.1) is 15.9 Å². The number of halogens is 1. The van der Waals surface area contributed by atoms with Crippen molar-refractivity contribution in [2.75, 3.05) is 6.79 Å². The molecule has 0 unspecified atom stereocenters. The standard InChI is InChI=1S/C24H19FN4O4S/c25-21-9-5-4-8-20(21)23-26-27-24(28(23)12-16-6-2-1-3-7-16)34-14-18-11-19(29(30)31)10-17-13-32-15-33-22(17)18/h1-11H,12-15H2. The second-order valence-electron chi connectivity index (χ2n) is 7.61. The summed E-state index contributed by atoms with van der Waals surface area (Å²) < 4.78 is 27.4. The van der Waals surface area contributed by atoms with Crippen molar-refractivity contribution in [1.82, 2.24) is 14.8 Å². The predicted octanol–water partition coefficient (Wildman–Crippen LogP) is 5.20. The highest BCUT2D eigenvalue weighted by Gasteiger charge is 2.23. The average Bonchev–Trinajstić information content (AvgIpc) is 3.25. The number of benzene rings is 3. The summed E-state index contributed by atoms with van der Waals surface area (Å²) in [6, 6.07) is 19.2. The summed E-state index contributed by atoms with van der Waals surface area (Å²) in [5, 5.41) is 20.6. The molecule has 0 spiro atoms. The fourth-order valence-corrected chi connectivity index (χ4v) is 4.69. The zero-order chi connectivity index (χ0) is 23.5. The van der Waals surface area contributed by atoms with Crippen LogP contribution in [-0.2, 0) is 23.6 Å². The van der Waals surface area contributed by atoms with Crippen LogP contribution in [0.3, 0.4) is 0 Å². The van der Waals surface area contributed by atoms with Crippen molar-refractivity contribution in [1.29, 1.82) is 0 Å². The third-order valence-electron chi connectivity index (χ3n) is 5.35. The van der Waals surface area contributed by atoms with E-state index in [0.717, 1.165) is 5.56 Å². The molecule has 2 heterocycles. The second-order valence-corrected chi connectivity index (χ2v) is 8.55. The van der Waals surface area contributed by atoms with Gasteiger partial charge in [0.1, 0.15) is 11.6 Å². The third kappa shape index (κ3) is 4.50. The smallest absolute Gasteiger partial charge is 0.270 e. The number of nitrogens with zero attached hydrogens (tertiary/aromatic N) is 4. The number of ether oxygens (including phenoxy) is 2. The number of nitro groups is 1. The van der Waals surface area contributed by atoms with Crippen molar-refractivity contribution in [2.45, 2.75) is 24.1 Å². The first-order valence-corrected chi connectivity index (χ1v) is 11.4. The van der Waals surface area contributed by atoms with Gasteiger partial charge in [0.05, 0.1) is 23.6 Å². The van der Waals surface area contributed by atoms with Crippen LogP contribution in [0.5, 0.6) is 5.75 Å². The van der Waals surface area contributed by atoms with Crippen molar-refractivity contribution in [3.05, 3.63) is 99.4 Å². The van der Waals surface area contributed by atoms with Crippen molar-refractivity contribution < 1.29 is 18.8 Å². The minimum atomic E-state index is -0.433. The van der Waals surface area contributed by atoms with Crippen LogP contribution >= 0.6 is 11.8 Å². The van der Waals surface area contributed by atoms with Crippen LogP contribution < -0.4 is 4.74 Å². The van der Waals surface area contributed by atoms with E-state index >= 15 is 0 Å². The Hall–Kier alpha value is -3.76. The quantitative estimate of drug-likeness (QED) is 0.205. The highest BCUT2D eigenvalue weighted by Crippen LogP contribution is 2.37. The number of rotatable bonds is 7. The Morgan fingerprint density at radius 1 is 1.09 bits per heavy atom. The molecule has 8 nitrogen and oxygen atoms in total. The lowest BCUT2D eigenvalue weighted by molar-refractivity contribution is -0.385. The normalized spacial score (nSPS) is 12.7. The number of aromatic nitrogens is 3. The van der Waals surface area contributed by atoms with Crippen molar-refractivity contribution in [3.8, 4) is 17.1 Å². The maximum atomic E-state index is 14.6. The van der Waals surface area contributed by atoms with Crippen LogP contribution in [0.1, 0.15) is 16.7 Å². The fourth-order valence-electron chi connectivity index (χ4n) is 3.78. The lowest BCUT2D eigenvalue weighted by Gasteiger charge is -2.20. The van der Waals surface area contributed by atoms with Crippen LogP contribution in [0.25, 0.3) is 11.4 Å². The topological polar surface area (TPSA) is 92.3 Å². The first-order chi connectivity index (χ1) is 16.6. The van der Waals surface area contributed by atoms with Gasteiger partial charge in [0.25, 0.3) is 5.69 Å². The second kappa shape index (κ2) is 9.62. The third-order valence-corrected chi connectivity index (χ3v) is 6.37. The van der Waals surface area contributed by atoms with E-state index in [1.165, 1.54) is 30.0 Å². The summed E-state index contributed by atoms with van der Waals surface area (Å²) in [5.41, 5.74) is 2.63. The van der Waals surface area contributed by atoms with Gasteiger partial charge >= 0.3 is 0 Å². The van der Waals surface area contributed by atoms with Gasteiger partial charge in [0.15, 0.2) is 17.8 Å². The largest absolute Gasteiger partial charge is 0.467 e. The van der Waals surface area contributed by atoms with E-state index in [1.54, 1.807) is 18.2 Å². The molecule has 0 fully saturated rings. The first-order valence-electron chi connectivity index (χ1n) is 10.5. The molecule has 0 bridgehead atoms. The molecule has 4 aromatic rings. The van der Waals surface area contributed by atoms with Crippen LogP contribution in [-0.4, -0.2) is 26.5 Å². The molecule has 0 atom stereocenters. The van der Waals surface area contributed by atoms with Gasteiger partial charge in [-0.2, -0.15) is 0 Å². The molecule has 0 amide bonds. The molecule has 0 N–H and O–H groups in total. The van der Waals surface area contributed by atoms with Gasteiger partial charge in [-0.15, -0.1) is 10.2 Å². The lowest BCUT2D eigenvalue weighted by Crippen LogP contribution is -2.13. The monoisotopic (exact) mass is 478 g/mol. The molecule has 0 radical (unpaired) electrons. The summed E-state index contributed by atoms with van der Waals surface area (Å²) in [5.74, 6) is 0.971. The highest BCUT2D eigenvalue weighted by atomic mass is 32.2. The van der Waals surface area contributed by atoms with E-state index in [-0.39, 0.29) is 24.9 Å².